The summed E-state index contributed by atoms with van der Waals surface area (Å²) in [5.41, 5.74) is 2.88. The number of likely N-dealkylation sites (tertiary alicyclic amines) is 1. The van der Waals surface area contributed by atoms with Gasteiger partial charge in [-0.15, -0.1) is 0 Å². The molecule has 0 bridgehead atoms. The highest BCUT2D eigenvalue weighted by molar-refractivity contribution is 9.10. The number of piperidine rings is 1. The van der Waals surface area contributed by atoms with Gasteiger partial charge >= 0.3 is 0 Å². The van der Waals surface area contributed by atoms with Crippen LogP contribution in [0.2, 0.25) is 0 Å². The van der Waals surface area contributed by atoms with Crippen molar-refractivity contribution in [3.8, 4) is 0 Å². The minimum Gasteiger partial charge on any atom is -0.353 e. The molecule has 234 valence electrons. The summed E-state index contributed by atoms with van der Waals surface area (Å²) < 4.78 is 2.69. The third kappa shape index (κ3) is 14.5. The quantitative estimate of drug-likeness (QED) is 0.358. The van der Waals surface area contributed by atoms with Crippen molar-refractivity contribution < 1.29 is 9.59 Å². The Morgan fingerprint density at radius 2 is 1.56 bits per heavy atom. The fourth-order valence-corrected chi connectivity index (χ4v) is 5.30. The van der Waals surface area contributed by atoms with E-state index in [0.29, 0.717) is 18.8 Å². The average Bonchev–Trinajstić information content (AvgIpc) is 3.38. The Balaban J connectivity index is 0.000000956. The first-order valence-corrected chi connectivity index (χ1v) is 16.7. The van der Waals surface area contributed by atoms with Crippen LogP contribution in [0, 0.1) is 25.7 Å². The molecule has 2 amide bonds. The molecule has 2 aliphatic rings. The number of carbonyl (C=O) groups is 2. The molecule has 3 heterocycles. The van der Waals surface area contributed by atoms with E-state index in [1.165, 1.54) is 38.2 Å². The smallest absolute Gasteiger partial charge is 0.275 e. The summed E-state index contributed by atoms with van der Waals surface area (Å²) in [6.07, 6.45) is 11.8. The predicted molar refractivity (Wildman–Crippen MR) is 176 cm³/mol. The molecule has 1 saturated carbocycles. The van der Waals surface area contributed by atoms with Crippen molar-refractivity contribution in [1.29, 1.82) is 0 Å². The maximum atomic E-state index is 12.8. The third-order valence-corrected chi connectivity index (χ3v) is 7.86. The Kier molecular flexibility index (Phi) is 21.2. The fourth-order valence-electron chi connectivity index (χ4n) is 4.82. The van der Waals surface area contributed by atoms with Gasteiger partial charge in [0, 0.05) is 50.7 Å². The molecule has 1 aliphatic carbocycles. The number of aromatic nitrogens is 3. The lowest BCUT2D eigenvalue weighted by Gasteiger charge is -2.31. The zero-order valence-corrected chi connectivity index (χ0v) is 29.2. The van der Waals surface area contributed by atoms with Crippen molar-refractivity contribution in [2.75, 3.05) is 13.1 Å². The summed E-state index contributed by atoms with van der Waals surface area (Å²) >= 11 is 3.52. The standard InChI is InChI=1S/C20H31BrN4O2.C7H9N.3C2H6/c1-14-3-5-16(6-4-14)7-12-25-13-18(21)19(23-25)20(27)24-10-8-17(9-11-24)22-15(2)26;1-6-4-3-5-8-7(6)2;3*1-2/h13-14,16-17H,3-12H2,1-2H3,(H,22,26);3-5H,1-2H3;3*1-2H3. The number of pyridine rings is 1. The van der Waals surface area contributed by atoms with Crippen molar-refractivity contribution in [3.63, 3.8) is 0 Å². The van der Waals surface area contributed by atoms with Gasteiger partial charge in [0.25, 0.3) is 5.91 Å². The van der Waals surface area contributed by atoms with Crippen LogP contribution in [0.1, 0.15) is 122 Å². The largest absolute Gasteiger partial charge is 0.353 e. The van der Waals surface area contributed by atoms with Crippen LogP contribution in [-0.2, 0) is 11.3 Å². The molecule has 2 fully saturated rings. The summed E-state index contributed by atoms with van der Waals surface area (Å²) in [4.78, 5) is 29.9. The second kappa shape index (κ2) is 22.4. The van der Waals surface area contributed by atoms with Crippen LogP contribution >= 0.6 is 15.9 Å². The zero-order valence-electron chi connectivity index (χ0n) is 27.6. The van der Waals surface area contributed by atoms with Gasteiger partial charge in [-0.25, -0.2) is 0 Å². The Bertz CT molecular complexity index is 957. The van der Waals surface area contributed by atoms with Gasteiger partial charge < -0.3 is 10.2 Å². The number of nitrogens with zero attached hydrogens (tertiary/aromatic N) is 4. The number of halogens is 1. The molecule has 1 saturated heterocycles. The second-order valence-corrected chi connectivity index (χ2v) is 11.0. The molecule has 1 N–H and O–H groups in total. The minimum absolute atomic E-state index is 0.00585. The molecule has 2 aromatic rings. The van der Waals surface area contributed by atoms with Crippen molar-refractivity contribution in [2.24, 2.45) is 11.8 Å². The van der Waals surface area contributed by atoms with Crippen LogP contribution in [0.4, 0.5) is 0 Å². The molecule has 4 rings (SSSR count). The van der Waals surface area contributed by atoms with E-state index in [1.807, 2.05) is 76.5 Å². The molecule has 0 radical (unpaired) electrons. The molecule has 0 spiro atoms. The maximum absolute atomic E-state index is 12.8. The summed E-state index contributed by atoms with van der Waals surface area (Å²) in [7, 11) is 0. The number of nitrogens with one attached hydrogen (secondary N) is 1. The van der Waals surface area contributed by atoms with E-state index < -0.39 is 0 Å². The lowest BCUT2D eigenvalue weighted by molar-refractivity contribution is -0.119. The van der Waals surface area contributed by atoms with Crippen LogP contribution in [0.15, 0.2) is 29.0 Å². The molecule has 0 unspecified atom stereocenters. The lowest BCUT2D eigenvalue weighted by Crippen LogP contribution is -2.46. The van der Waals surface area contributed by atoms with Gasteiger partial charge in [-0.05, 0) is 72.5 Å². The van der Waals surface area contributed by atoms with E-state index in [9.17, 15) is 9.59 Å². The summed E-state index contributed by atoms with van der Waals surface area (Å²) in [6.45, 7) is 22.1. The number of aryl methyl sites for hydroxylation is 3. The van der Waals surface area contributed by atoms with Crippen molar-refractivity contribution in [1.82, 2.24) is 25.0 Å². The molecule has 1 aliphatic heterocycles. The van der Waals surface area contributed by atoms with Gasteiger partial charge in [0.05, 0.1) is 4.47 Å². The lowest BCUT2D eigenvalue weighted by atomic mass is 9.81. The molecule has 7 nitrogen and oxygen atoms in total. The number of rotatable bonds is 5. The van der Waals surface area contributed by atoms with Crippen LogP contribution < -0.4 is 5.32 Å². The fraction of sp³-hybridized carbons (Fsp3) is 0.697. The summed E-state index contributed by atoms with van der Waals surface area (Å²) in [5, 5.41) is 7.50. The van der Waals surface area contributed by atoms with Gasteiger partial charge in [0.15, 0.2) is 5.69 Å². The topological polar surface area (TPSA) is 80.1 Å². The number of amides is 2. The second-order valence-electron chi connectivity index (χ2n) is 10.2. The normalized spacial score (nSPS) is 18.1. The van der Waals surface area contributed by atoms with E-state index in [1.54, 1.807) is 0 Å². The molecular weight excluding hydrogens is 578 g/mol. The number of hydrogen-bond acceptors (Lipinski definition) is 4. The molecular formula is C33H58BrN5O2. The van der Waals surface area contributed by atoms with E-state index in [0.717, 1.165) is 47.8 Å². The zero-order chi connectivity index (χ0) is 31.4. The Morgan fingerprint density at radius 1 is 0.976 bits per heavy atom. The molecule has 0 atom stereocenters. The monoisotopic (exact) mass is 635 g/mol. The number of hydrogen-bond donors (Lipinski definition) is 1. The van der Waals surface area contributed by atoms with Gasteiger partial charge in [-0.3, -0.25) is 19.3 Å². The molecule has 41 heavy (non-hydrogen) atoms. The minimum atomic E-state index is -0.0200. The van der Waals surface area contributed by atoms with E-state index >= 15 is 0 Å². The van der Waals surface area contributed by atoms with Gasteiger partial charge in [-0.1, -0.05) is 80.2 Å². The van der Waals surface area contributed by atoms with Crippen LogP contribution in [0.5, 0.6) is 0 Å². The highest BCUT2D eigenvalue weighted by atomic mass is 79.9. The Hall–Kier alpha value is -2.22. The van der Waals surface area contributed by atoms with Crippen molar-refractivity contribution in [2.45, 2.75) is 127 Å². The van der Waals surface area contributed by atoms with Gasteiger partial charge in [0.2, 0.25) is 5.91 Å². The first kappa shape index (κ1) is 38.8. The van der Waals surface area contributed by atoms with Crippen LogP contribution in [0.3, 0.4) is 0 Å². The van der Waals surface area contributed by atoms with Gasteiger partial charge in [-0.2, -0.15) is 5.10 Å². The predicted octanol–water partition coefficient (Wildman–Crippen LogP) is 8.38. The first-order valence-electron chi connectivity index (χ1n) is 15.9. The summed E-state index contributed by atoms with van der Waals surface area (Å²) in [6, 6.07) is 4.18. The van der Waals surface area contributed by atoms with Crippen molar-refractivity contribution in [3.05, 3.63) is 46.0 Å². The van der Waals surface area contributed by atoms with Gasteiger partial charge in [0.1, 0.15) is 0 Å². The van der Waals surface area contributed by atoms with E-state index in [2.05, 4.69) is 51.2 Å². The van der Waals surface area contributed by atoms with Crippen LogP contribution in [-0.4, -0.2) is 50.6 Å². The third-order valence-electron chi connectivity index (χ3n) is 7.28. The molecule has 8 heteroatoms. The maximum Gasteiger partial charge on any atom is 0.275 e. The molecule has 2 aromatic heterocycles. The van der Waals surface area contributed by atoms with E-state index in [-0.39, 0.29) is 17.9 Å². The first-order chi connectivity index (χ1) is 19.7. The Morgan fingerprint density at radius 3 is 2.05 bits per heavy atom. The molecule has 0 aromatic carbocycles. The van der Waals surface area contributed by atoms with Crippen LogP contribution in [0.25, 0.3) is 0 Å². The Labute approximate surface area is 259 Å². The SMILES string of the molecule is CC.CC.CC.CC(=O)NC1CCN(C(=O)c2nn(CCC3CCC(C)CC3)cc2Br)CC1.Cc1cccnc1C. The highest BCUT2D eigenvalue weighted by Crippen LogP contribution is 2.31. The van der Waals surface area contributed by atoms with Crippen molar-refractivity contribution >= 4 is 27.7 Å². The highest BCUT2D eigenvalue weighted by Gasteiger charge is 2.27. The summed E-state index contributed by atoms with van der Waals surface area (Å²) in [5.74, 6) is 1.64. The average molecular weight is 637 g/mol. The van der Waals surface area contributed by atoms with E-state index in [4.69, 9.17) is 0 Å². The number of carbonyl (C=O) groups excluding carboxylic acids is 2.